The summed E-state index contributed by atoms with van der Waals surface area (Å²) in [4.78, 5) is 22.2. The highest BCUT2D eigenvalue weighted by atomic mass is 32.1. The van der Waals surface area contributed by atoms with E-state index in [2.05, 4.69) is 57.0 Å². The maximum atomic E-state index is 13.0. The lowest BCUT2D eigenvalue weighted by atomic mass is 10.2. The van der Waals surface area contributed by atoms with Crippen molar-refractivity contribution in [1.29, 1.82) is 0 Å². The van der Waals surface area contributed by atoms with E-state index >= 15 is 0 Å². The minimum atomic E-state index is 0.220. The van der Waals surface area contributed by atoms with Gasteiger partial charge in [0.15, 0.2) is 0 Å². The molecule has 3 aromatic rings. The number of amides is 1. The average Bonchev–Trinajstić information content (AvgIpc) is 3.48. The van der Waals surface area contributed by atoms with Crippen molar-refractivity contribution in [2.24, 2.45) is 0 Å². The van der Waals surface area contributed by atoms with Crippen molar-refractivity contribution in [1.82, 2.24) is 9.80 Å². The van der Waals surface area contributed by atoms with Gasteiger partial charge in [0, 0.05) is 54.7 Å². The second-order valence-electron chi connectivity index (χ2n) is 7.37. The second-order valence-corrected chi connectivity index (χ2v) is 9.43. The lowest BCUT2D eigenvalue weighted by Gasteiger charge is -2.37. The van der Waals surface area contributed by atoms with E-state index in [-0.39, 0.29) is 5.91 Å². The van der Waals surface area contributed by atoms with Gasteiger partial charge in [-0.1, -0.05) is 12.1 Å². The molecule has 1 saturated heterocycles. The highest BCUT2D eigenvalue weighted by Crippen LogP contribution is 2.21. The summed E-state index contributed by atoms with van der Waals surface area (Å²) in [5, 5.41) is 4.19. The number of hydrogen-bond donors (Lipinski definition) is 0. The lowest BCUT2D eigenvalue weighted by Crippen LogP contribution is -2.51. The zero-order chi connectivity index (χ0) is 20.8. The molecule has 0 N–H and O–H groups in total. The molecule has 0 bridgehead atoms. The van der Waals surface area contributed by atoms with E-state index in [1.54, 1.807) is 29.8 Å². The number of hydrogen-bond acceptors (Lipinski definition) is 6. The Bertz CT molecular complexity index is 866. The first kappa shape index (κ1) is 20.9. The smallest absolute Gasteiger partial charge is 0.236 e. The van der Waals surface area contributed by atoms with Crippen LogP contribution >= 0.6 is 22.7 Å². The van der Waals surface area contributed by atoms with Crippen LogP contribution in [0, 0.1) is 0 Å². The van der Waals surface area contributed by atoms with Crippen molar-refractivity contribution in [3.8, 4) is 5.75 Å². The van der Waals surface area contributed by atoms with Crippen LogP contribution in [0.4, 0.5) is 5.69 Å². The fourth-order valence-corrected chi connectivity index (χ4v) is 5.20. The van der Waals surface area contributed by atoms with Gasteiger partial charge in [-0.05, 0) is 47.2 Å². The Morgan fingerprint density at radius 1 is 0.933 bits per heavy atom. The van der Waals surface area contributed by atoms with Gasteiger partial charge >= 0.3 is 0 Å². The van der Waals surface area contributed by atoms with E-state index in [0.29, 0.717) is 6.54 Å². The van der Waals surface area contributed by atoms with E-state index < -0.39 is 0 Å². The van der Waals surface area contributed by atoms with Crippen LogP contribution in [0.1, 0.15) is 9.75 Å². The second kappa shape index (κ2) is 10.1. The fraction of sp³-hybridized carbons (Fsp3) is 0.348. The predicted octanol–water partition coefficient (Wildman–Crippen LogP) is 4.17. The normalized spacial score (nSPS) is 14.3. The molecule has 4 rings (SSSR count). The summed E-state index contributed by atoms with van der Waals surface area (Å²) < 4.78 is 5.24. The third-order valence-corrected chi connectivity index (χ3v) is 7.07. The Kier molecular flexibility index (Phi) is 7.04. The van der Waals surface area contributed by atoms with Gasteiger partial charge in [-0.3, -0.25) is 9.69 Å². The Balaban J connectivity index is 1.33. The van der Waals surface area contributed by atoms with Gasteiger partial charge in [0.1, 0.15) is 5.75 Å². The standard InChI is InChI=1S/C23H27N3O2S2/c1-28-20-8-6-19(7-9-20)25-10-12-26(13-11-25)23(27)18-24(16-21-4-2-14-29-21)17-22-5-3-15-30-22/h2-9,14-15H,10-13,16-18H2,1H3. The molecule has 0 atom stereocenters. The van der Waals surface area contributed by atoms with Gasteiger partial charge in [0.2, 0.25) is 5.91 Å². The van der Waals surface area contributed by atoms with E-state index in [4.69, 9.17) is 4.74 Å². The molecule has 0 aliphatic carbocycles. The van der Waals surface area contributed by atoms with E-state index in [1.807, 2.05) is 17.0 Å². The summed E-state index contributed by atoms with van der Waals surface area (Å²) in [6.07, 6.45) is 0. The maximum absolute atomic E-state index is 13.0. The zero-order valence-corrected chi connectivity index (χ0v) is 18.8. The number of ether oxygens (including phenoxy) is 1. The third kappa shape index (κ3) is 5.41. The molecular weight excluding hydrogens is 414 g/mol. The van der Waals surface area contributed by atoms with Gasteiger partial charge in [0.05, 0.1) is 13.7 Å². The summed E-state index contributed by atoms with van der Waals surface area (Å²) in [7, 11) is 1.68. The lowest BCUT2D eigenvalue weighted by molar-refractivity contribution is -0.133. The maximum Gasteiger partial charge on any atom is 0.236 e. The van der Waals surface area contributed by atoms with Crippen LogP contribution < -0.4 is 9.64 Å². The number of thiophene rings is 2. The first-order chi connectivity index (χ1) is 14.7. The molecule has 0 saturated carbocycles. The van der Waals surface area contributed by atoms with Crippen LogP contribution in [-0.2, 0) is 17.9 Å². The number of methoxy groups -OCH3 is 1. The molecule has 2 aromatic heterocycles. The topological polar surface area (TPSA) is 36.0 Å². The minimum Gasteiger partial charge on any atom is -0.497 e. The first-order valence-corrected chi connectivity index (χ1v) is 11.9. The molecule has 7 heteroatoms. The van der Waals surface area contributed by atoms with E-state index in [1.165, 1.54) is 15.4 Å². The quantitative estimate of drug-likeness (QED) is 0.526. The summed E-state index contributed by atoms with van der Waals surface area (Å²) in [5.74, 6) is 1.08. The molecule has 1 aliphatic heterocycles. The molecule has 0 unspecified atom stereocenters. The van der Waals surface area contributed by atoms with Crippen molar-refractivity contribution < 1.29 is 9.53 Å². The van der Waals surface area contributed by atoms with Crippen molar-refractivity contribution in [2.75, 3.05) is 44.7 Å². The van der Waals surface area contributed by atoms with Crippen LogP contribution in [0.2, 0.25) is 0 Å². The summed E-state index contributed by atoms with van der Waals surface area (Å²) in [5.41, 5.74) is 1.18. The number of anilines is 1. The Morgan fingerprint density at radius 3 is 2.03 bits per heavy atom. The average molecular weight is 442 g/mol. The van der Waals surface area contributed by atoms with Gasteiger partial charge < -0.3 is 14.5 Å². The monoisotopic (exact) mass is 441 g/mol. The predicted molar refractivity (Wildman–Crippen MR) is 125 cm³/mol. The molecule has 1 fully saturated rings. The Labute approximate surface area is 186 Å². The number of nitrogens with zero attached hydrogens (tertiary/aromatic N) is 3. The van der Waals surface area contributed by atoms with Gasteiger partial charge in [-0.15, -0.1) is 22.7 Å². The van der Waals surface area contributed by atoms with Crippen LogP contribution in [0.15, 0.2) is 59.3 Å². The van der Waals surface area contributed by atoms with Crippen molar-refractivity contribution in [3.05, 3.63) is 69.0 Å². The largest absolute Gasteiger partial charge is 0.497 e. The molecule has 0 spiro atoms. The molecule has 0 radical (unpaired) electrons. The SMILES string of the molecule is COc1ccc(N2CCN(C(=O)CN(Cc3cccs3)Cc3cccs3)CC2)cc1. The molecular formula is C23H27N3O2S2. The van der Waals surface area contributed by atoms with Crippen LogP contribution in [-0.4, -0.2) is 55.5 Å². The summed E-state index contributed by atoms with van der Waals surface area (Å²) in [6.45, 7) is 5.31. The minimum absolute atomic E-state index is 0.220. The van der Waals surface area contributed by atoms with Gasteiger partial charge in [-0.25, -0.2) is 0 Å². The van der Waals surface area contributed by atoms with Crippen LogP contribution in [0.25, 0.3) is 0 Å². The first-order valence-electron chi connectivity index (χ1n) is 10.1. The number of rotatable bonds is 8. The van der Waals surface area contributed by atoms with Crippen molar-refractivity contribution in [2.45, 2.75) is 13.1 Å². The Morgan fingerprint density at radius 2 is 1.53 bits per heavy atom. The molecule has 30 heavy (non-hydrogen) atoms. The number of carbonyl (C=O) groups excluding carboxylic acids is 1. The fourth-order valence-electron chi connectivity index (χ4n) is 3.71. The molecule has 1 aromatic carbocycles. The van der Waals surface area contributed by atoms with Crippen molar-refractivity contribution >= 4 is 34.3 Å². The molecule has 158 valence electrons. The molecule has 1 aliphatic rings. The molecule has 1 amide bonds. The Hall–Kier alpha value is -2.35. The van der Waals surface area contributed by atoms with Crippen molar-refractivity contribution in [3.63, 3.8) is 0 Å². The summed E-state index contributed by atoms with van der Waals surface area (Å²) in [6, 6.07) is 16.6. The van der Waals surface area contributed by atoms with Gasteiger partial charge in [0.25, 0.3) is 0 Å². The van der Waals surface area contributed by atoms with E-state index in [9.17, 15) is 4.79 Å². The number of carbonyl (C=O) groups is 1. The van der Waals surface area contributed by atoms with Crippen LogP contribution in [0.5, 0.6) is 5.75 Å². The number of benzene rings is 1. The zero-order valence-electron chi connectivity index (χ0n) is 17.2. The van der Waals surface area contributed by atoms with E-state index in [0.717, 1.165) is 45.0 Å². The van der Waals surface area contributed by atoms with Gasteiger partial charge in [-0.2, -0.15) is 0 Å². The molecule has 3 heterocycles. The number of piperazine rings is 1. The third-order valence-electron chi connectivity index (χ3n) is 5.35. The summed E-state index contributed by atoms with van der Waals surface area (Å²) >= 11 is 3.50. The highest BCUT2D eigenvalue weighted by molar-refractivity contribution is 7.10. The molecule has 5 nitrogen and oxygen atoms in total. The highest BCUT2D eigenvalue weighted by Gasteiger charge is 2.23. The van der Waals surface area contributed by atoms with Crippen LogP contribution in [0.3, 0.4) is 0 Å².